The Morgan fingerprint density at radius 3 is 2.65 bits per heavy atom. The summed E-state index contributed by atoms with van der Waals surface area (Å²) in [6.07, 6.45) is 1.64. The molecule has 0 aliphatic carbocycles. The van der Waals surface area contributed by atoms with Gasteiger partial charge in [-0.3, -0.25) is 0 Å². The number of aromatic nitrogens is 2. The molecule has 4 heteroatoms. The first-order valence-corrected chi connectivity index (χ1v) is 5.64. The first-order valence-electron chi connectivity index (χ1n) is 5.26. The van der Waals surface area contributed by atoms with E-state index in [4.69, 9.17) is 16.3 Å². The lowest BCUT2D eigenvalue weighted by atomic mass is 10.0. The third-order valence-electron chi connectivity index (χ3n) is 2.53. The van der Waals surface area contributed by atoms with E-state index in [0.717, 1.165) is 28.1 Å². The third kappa shape index (κ3) is 2.39. The summed E-state index contributed by atoms with van der Waals surface area (Å²) in [4.78, 5) is 8.09. The van der Waals surface area contributed by atoms with Crippen LogP contribution in [-0.4, -0.2) is 17.1 Å². The van der Waals surface area contributed by atoms with Crippen molar-refractivity contribution in [2.45, 2.75) is 13.8 Å². The fourth-order valence-electron chi connectivity index (χ4n) is 1.90. The molecular formula is C13H13ClN2O. The van der Waals surface area contributed by atoms with Crippen molar-refractivity contribution in [2.24, 2.45) is 0 Å². The first kappa shape index (κ1) is 11.9. The van der Waals surface area contributed by atoms with Gasteiger partial charge in [0.25, 0.3) is 0 Å². The molecule has 0 amide bonds. The summed E-state index contributed by atoms with van der Waals surface area (Å²) in [5, 5.41) is 0.240. The molecule has 0 aliphatic rings. The third-order valence-corrected chi connectivity index (χ3v) is 2.71. The highest BCUT2D eigenvalue weighted by atomic mass is 35.5. The number of aryl methyl sites for hydroxylation is 2. The highest BCUT2D eigenvalue weighted by molar-refractivity contribution is 6.28. The van der Waals surface area contributed by atoms with Crippen molar-refractivity contribution in [1.29, 1.82) is 0 Å². The molecule has 1 heterocycles. The molecule has 0 saturated carbocycles. The monoisotopic (exact) mass is 248 g/mol. The van der Waals surface area contributed by atoms with Gasteiger partial charge in [0, 0.05) is 11.8 Å². The lowest BCUT2D eigenvalue weighted by Crippen LogP contribution is -1.95. The van der Waals surface area contributed by atoms with Crippen LogP contribution in [0.2, 0.25) is 5.28 Å². The van der Waals surface area contributed by atoms with Gasteiger partial charge in [-0.2, -0.15) is 0 Å². The van der Waals surface area contributed by atoms with Crippen molar-refractivity contribution in [3.05, 3.63) is 40.8 Å². The lowest BCUT2D eigenvalue weighted by molar-refractivity contribution is 0.413. The zero-order valence-corrected chi connectivity index (χ0v) is 10.7. The molecule has 2 aromatic rings. The quantitative estimate of drug-likeness (QED) is 0.764. The molecule has 0 N–H and O–H groups in total. The van der Waals surface area contributed by atoms with Gasteiger partial charge >= 0.3 is 0 Å². The minimum atomic E-state index is 0.240. The van der Waals surface area contributed by atoms with Crippen molar-refractivity contribution < 1.29 is 4.74 Å². The predicted molar refractivity (Wildman–Crippen MR) is 68.5 cm³/mol. The number of methoxy groups -OCH3 is 1. The predicted octanol–water partition coefficient (Wildman–Crippen LogP) is 3.42. The van der Waals surface area contributed by atoms with Gasteiger partial charge in [-0.25, -0.2) is 9.97 Å². The Balaban J connectivity index is 2.65. The summed E-state index contributed by atoms with van der Waals surface area (Å²) >= 11 is 5.81. The SMILES string of the molecule is COc1c(C)cc(C)cc1-c1ccnc(Cl)n1. The number of benzene rings is 1. The molecule has 1 aromatic heterocycles. The van der Waals surface area contributed by atoms with E-state index in [1.807, 2.05) is 26.0 Å². The Labute approximate surface area is 105 Å². The maximum absolute atomic E-state index is 5.81. The van der Waals surface area contributed by atoms with Crippen LogP contribution in [0.5, 0.6) is 5.75 Å². The fraction of sp³-hybridized carbons (Fsp3) is 0.231. The van der Waals surface area contributed by atoms with E-state index >= 15 is 0 Å². The van der Waals surface area contributed by atoms with Crippen LogP contribution >= 0.6 is 11.6 Å². The largest absolute Gasteiger partial charge is 0.496 e. The van der Waals surface area contributed by atoms with Crippen LogP contribution in [0.25, 0.3) is 11.3 Å². The van der Waals surface area contributed by atoms with Crippen molar-refractivity contribution in [3.63, 3.8) is 0 Å². The van der Waals surface area contributed by atoms with Gasteiger partial charge < -0.3 is 4.74 Å². The van der Waals surface area contributed by atoms with E-state index in [0.29, 0.717) is 0 Å². The fourth-order valence-corrected chi connectivity index (χ4v) is 2.05. The molecule has 1 aromatic carbocycles. The Morgan fingerprint density at radius 1 is 1.24 bits per heavy atom. The molecule has 0 unspecified atom stereocenters. The van der Waals surface area contributed by atoms with Crippen LogP contribution in [-0.2, 0) is 0 Å². The number of nitrogens with zero attached hydrogens (tertiary/aromatic N) is 2. The zero-order chi connectivity index (χ0) is 12.4. The minimum absolute atomic E-state index is 0.240. The lowest BCUT2D eigenvalue weighted by Gasteiger charge is -2.12. The Kier molecular flexibility index (Phi) is 3.29. The summed E-state index contributed by atoms with van der Waals surface area (Å²) in [7, 11) is 1.66. The Bertz CT molecular complexity index is 555. The van der Waals surface area contributed by atoms with E-state index in [9.17, 15) is 0 Å². The number of halogens is 1. The topological polar surface area (TPSA) is 35.0 Å². The average molecular weight is 249 g/mol. The zero-order valence-electron chi connectivity index (χ0n) is 9.99. The van der Waals surface area contributed by atoms with Crippen LogP contribution in [0.1, 0.15) is 11.1 Å². The van der Waals surface area contributed by atoms with Crippen molar-refractivity contribution >= 4 is 11.6 Å². The van der Waals surface area contributed by atoms with Gasteiger partial charge in [0.2, 0.25) is 5.28 Å². The number of hydrogen-bond donors (Lipinski definition) is 0. The molecule has 0 aliphatic heterocycles. The minimum Gasteiger partial charge on any atom is -0.496 e. The second kappa shape index (κ2) is 4.72. The highest BCUT2D eigenvalue weighted by Crippen LogP contribution is 2.33. The molecular weight excluding hydrogens is 236 g/mol. The van der Waals surface area contributed by atoms with Gasteiger partial charge in [0.1, 0.15) is 5.75 Å². The highest BCUT2D eigenvalue weighted by Gasteiger charge is 2.11. The summed E-state index contributed by atoms with van der Waals surface area (Å²) in [6, 6.07) is 5.93. The number of rotatable bonds is 2. The maximum atomic E-state index is 5.81. The van der Waals surface area contributed by atoms with Gasteiger partial charge in [0.05, 0.1) is 12.8 Å². The Morgan fingerprint density at radius 2 is 2.00 bits per heavy atom. The molecule has 0 saturated heterocycles. The summed E-state index contributed by atoms with van der Waals surface area (Å²) < 4.78 is 5.42. The van der Waals surface area contributed by atoms with Gasteiger partial charge in [-0.05, 0) is 48.7 Å². The van der Waals surface area contributed by atoms with E-state index in [1.54, 1.807) is 13.3 Å². The average Bonchev–Trinajstić information content (AvgIpc) is 2.28. The summed E-state index contributed by atoms with van der Waals surface area (Å²) in [5.41, 5.74) is 3.95. The number of hydrogen-bond acceptors (Lipinski definition) is 3. The van der Waals surface area contributed by atoms with Gasteiger partial charge in [-0.15, -0.1) is 0 Å². The van der Waals surface area contributed by atoms with Crippen molar-refractivity contribution in [3.8, 4) is 17.0 Å². The molecule has 0 atom stereocenters. The summed E-state index contributed by atoms with van der Waals surface area (Å²) in [6.45, 7) is 4.05. The second-order valence-electron chi connectivity index (χ2n) is 3.87. The van der Waals surface area contributed by atoms with Crippen molar-refractivity contribution in [2.75, 3.05) is 7.11 Å². The molecule has 17 heavy (non-hydrogen) atoms. The maximum Gasteiger partial charge on any atom is 0.222 e. The molecule has 2 rings (SSSR count). The van der Waals surface area contributed by atoms with Crippen LogP contribution in [0.3, 0.4) is 0 Å². The normalized spacial score (nSPS) is 10.4. The van der Waals surface area contributed by atoms with Crippen LogP contribution in [0.15, 0.2) is 24.4 Å². The molecule has 0 bridgehead atoms. The van der Waals surface area contributed by atoms with E-state index in [2.05, 4.69) is 16.0 Å². The molecule has 3 nitrogen and oxygen atoms in total. The Hall–Kier alpha value is -1.61. The van der Waals surface area contributed by atoms with Crippen LogP contribution in [0.4, 0.5) is 0 Å². The molecule has 88 valence electrons. The van der Waals surface area contributed by atoms with E-state index < -0.39 is 0 Å². The first-order chi connectivity index (χ1) is 8.11. The smallest absolute Gasteiger partial charge is 0.222 e. The molecule has 0 spiro atoms. The van der Waals surface area contributed by atoms with Gasteiger partial charge in [0.15, 0.2) is 0 Å². The summed E-state index contributed by atoms with van der Waals surface area (Å²) in [5.74, 6) is 0.824. The number of ether oxygens (including phenoxy) is 1. The molecule has 0 radical (unpaired) electrons. The van der Waals surface area contributed by atoms with Crippen LogP contribution in [0, 0.1) is 13.8 Å². The molecule has 0 fully saturated rings. The van der Waals surface area contributed by atoms with Gasteiger partial charge in [-0.1, -0.05) is 6.07 Å². The van der Waals surface area contributed by atoms with E-state index in [-0.39, 0.29) is 5.28 Å². The standard InChI is InChI=1S/C13H13ClN2O/c1-8-6-9(2)12(17-3)10(7-8)11-4-5-15-13(14)16-11/h4-7H,1-3H3. The van der Waals surface area contributed by atoms with E-state index in [1.165, 1.54) is 0 Å². The second-order valence-corrected chi connectivity index (χ2v) is 4.21. The van der Waals surface area contributed by atoms with Crippen molar-refractivity contribution in [1.82, 2.24) is 9.97 Å². The van der Waals surface area contributed by atoms with Crippen LogP contribution < -0.4 is 4.74 Å².